The molecule has 0 aliphatic heterocycles. The number of fused-ring (bicyclic) bond motifs is 2. The lowest BCUT2D eigenvalue weighted by atomic mass is 10.3. The van der Waals surface area contributed by atoms with Crippen molar-refractivity contribution in [1.29, 1.82) is 0 Å². The molecule has 10 nitrogen and oxygen atoms in total. The smallest absolute Gasteiger partial charge is 0.356 e. The molecule has 0 aromatic carbocycles. The van der Waals surface area contributed by atoms with E-state index in [0.717, 1.165) is 11.4 Å². The van der Waals surface area contributed by atoms with Gasteiger partial charge in [-0.1, -0.05) is 0 Å². The van der Waals surface area contributed by atoms with Crippen molar-refractivity contribution < 1.29 is 19.4 Å². The highest BCUT2D eigenvalue weighted by Gasteiger charge is 2.12. The first kappa shape index (κ1) is 20.9. The van der Waals surface area contributed by atoms with Crippen molar-refractivity contribution in [3.8, 4) is 0 Å². The molecule has 0 saturated carbocycles. The minimum atomic E-state index is -1.03. The van der Waals surface area contributed by atoms with E-state index in [0.29, 0.717) is 20.5 Å². The van der Waals surface area contributed by atoms with E-state index in [2.05, 4.69) is 56.8 Å². The number of aryl methyl sites for hydroxylation is 2. The van der Waals surface area contributed by atoms with Gasteiger partial charge in [-0.25, -0.2) is 28.6 Å². The Balaban J connectivity index is 0.000000166. The molecule has 4 rings (SSSR count). The van der Waals surface area contributed by atoms with Crippen molar-refractivity contribution in [2.75, 3.05) is 7.11 Å². The monoisotopic (exact) mass is 524 g/mol. The molecule has 1 N–H and O–H groups in total. The fraction of sp³-hybridized carbons (Fsp3) is 0.176. The molecule has 0 aliphatic carbocycles. The van der Waals surface area contributed by atoms with Gasteiger partial charge in [-0.05, 0) is 57.8 Å². The number of methoxy groups -OCH3 is 1. The number of rotatable bonds is 2. The highest BCUT2D eigenvalue weighted by atomic mass is 79.9. The molecule has 12 heteroatoms. The normalized spacial score (nSPS) is 10.7. The summed E-state index contributed by atoms with van der Waals surface area (Å²) in [4.78, 5) is 30.0. The third-order valence-corrected chi connectivity index (χ3v) is 4.54. The summed E-state index contributed by atoms with van der Waals surface area (Å²) in [6.07, 6.45) is 0. The zero-order valence-corrected chi connectivity index (χ0v) is 18.6. The van der Waals surface area contributed by atoms with Crippen LogP contribution in [0.2, 0.25) is 0 Å². The van der Waals surface area contributed by atoms with Crippen molar-refractivity contribution >= 4 is 55.1 Å². The van der Waals surface area contributed by atoms with Gasteiger partial charge in [0.05, 0.1) is 7.11 Å². The SMILES string of the molecule is COC(=O)c1cc(C)n2nc(Br)cc2n1.Cc1cc(C(=O)O)nc2cc(Br)nn12. The lowest BCUT2D eigenvalue weighted by Gasteiger charge is -2.02. The highest BCUT2D eigenvalue weighted by molar-refractivity contribution is 9.10. The van der Waals surface area contributed by atoms with Crippen LogP contribution in [-0.4, -0.2) is 53.4 Å². The Hall–Kier alpha value is -2.86. The van der Waals surface area contributed by atoms with Gasteiger partial charge in [0.15, 0.2) is 22.7 Å². The molecule has 29 heavy (non-hydrogen) atoms. The lowest BCUT2D eigenvalue weighted by Crippen LogP contribution is -2.07. The molecule has 0 fully saturated rings. The maximum Gasteiger partial charge on any atom is 0.356 e. The number of hydrogen-bond donors (Lipinski definition) is 1. The van der Waals surface area contributed by atoms with Crippen molar-refractivity contribution in [3.63, 3.8) is 0 Å². The molecule has 0 radical (unpaired) electrons. The van der Waals surface area contributed by atoms with Gasteiger partial charge < -0.3 is 9.84 Å². The van der Waals surface area contributed by atoms with E-state index in [1.165, 1.54) is 13.2 Å². The van der Waals surface area contributed by atoms with Crippen LogP contribution in [-0.2, 0) is 4.74 Å². The standard InChI is InChI=1S/C9H8BrN3O2.C8H6BrN3O2/c1-5-3-6(9(14)15-2)11-8-4-7(10)12-13(5)8;1-4-2-5(8(13)14)10-7-3-6(9)11-12(4)7/h3-4H,1-2H3;2-3H,1H3,(H,13,14). The molecule has 0 atom stereocenters. The highest BCUT2D eigenvalue weighted by Crippen LogP contribution is 2.14. The summed E-state index contributed by atoms with van der Waals surface area (Å²) in [5.74, 6) is -1.48. The predicted octanol–water partition coefficient (Wildman–Crippen LogP) is 3.09. The van der Waals surface area contributed by atoms with Crippen LogP contribution in [0.15, 0.2) is 33.5 Å². The van der Waals surface area contributed by atoms with E-state index in [4.69, 9.17) is 5.11 Å². The Bertz CT molecular complexity index is 1250. The van der Waals surface area contributed by atoms with Crippen LogP contribution in [0, 0.1) is 13.8 Å². The number of aromatic nitrogens is 6. The van der Waals surface area contributed by atoms with Crippen LogP contribution in [0.25, 0.3) is 11.3 Å². The first-order valence-corrected chi connectivity index (χ1v) is 9.65. The number of halogens is 2. The number of carboxylic acids is 1. The van der Waals surface area contributed by atoms with Crippen LogP contribution in [0.5, 0.6) is 0 Å². The van der Waals surface area contributed by atoms with Gasteiger partial charge in [-0.3, -0.25) is 0 Å². The van der Waals surface area contributed by atoms with Gasteiger partial charge in [0.1, 0.15) is 9.21 Å². The number of ether oxygens (including phenoxy) is 1. The van der Waals surface area contributed by atoms with Crippen molar-refractivity contribution in [1.82, 2.24) is 29.2 Å². The largest absolute Gasteiger partial charge is 0.477 e. The maximum atomic E-state index is 11.3. The van der Waals surface area contributed by atoms with E-state index in [1.807, 2.05) is 6.92 Å². The van der Waals surface area contributed by atoms with E-state index in [-0.39, 0.29) is 11.4 Å². The second kappa shape index (κ2) is 8.25. The van der Waals surface area contributed by atoms with Gasteiger partial charge in [0, 0.05) is 23.5 Å². The summed E-state index contributed by atoms with van der Waals surface area (Å²) >= 11 is 6.45. The van der Waals surface area contributed by atoms with Gasteiger partial charge in [-0.15, -0.1) is 0 Å². The molecule has 0 amide bonds. The summed E-state index contributed by atoms with van der Waals surface area (Å²) < 4.78 is 9.15. The Kier molecular flexibility index (Phi) is 5.94. The average molecular weight is 526 g/mol. The lowest BCUT2D eigenvalue weighted by molar-refractivity contribution is 0.0593. The fourth-order valence-electron chi connectivity index (χ4n) is 2.51. The predicted molar refractivity (Wildman–Crippen MR) is 109 cm³/mol. The quantitative estimate of drug-likeness (QED) is 0.396. The van der Waals surface area contributed by atoms with E-state index in [1.54, 1.807) is 34.2 Å². The van der Waals surface area contributed by atoms with Crippen molar-refractivity contribution in [2.24, 2.45) is 0 Å². The molecule has 4 aromatic heterocycles. The zero-order valence-electron chi connectivity index (χ0n) is 15.4. The Morgan fingerprint density at radius 2 is 1.34 bits per heavy atom. The minimum absolute atomic E-state index is 0.0300. The third-order valence-electron chi connectivity index (χ3n) is 3.76. The summed E-state index contributed by atoms with van der Waals surface area (Å²) in [6.45, 7) is 3.63. The fourth-order valence-corrected chi connectivity index (χ4v) is 3.24. The topological polar surface area (TPSA) is 124 Å². The first-order valence-electron chi connectivity index (χ1n) is 8.07. The molecule has 4 aromatic rings. The van der Waals surface area contributed by atoms with E-state index >= 15 is 0 Å². The molecular formula is C17H14Br2N6O4. The number of hydrogen-bond acceptors (Lipinski definition) is 7. The Morgan fingerprint density at radius 3 is 1.79 bits per heavy atom. The third kappa shape index (κ3) is 4.43. The van der Waals surface area contributed by atoms with E-state index in [9.17, 15) is 9.59 Å². The Morgan fingerprint density at radius 1 is 0.897 bits per heavy atom. The van der Waals surface area contributed by atoms with Gasteiger partial charge in [-0.2, -0.15) is 10.2 Å². The minimum Gasteiger partial charge on any atom is -0.477 e. The van der Waals surface area contributed by atoms with Crippen LogP contribution in [0.3, 0.4) is 0 Å². The molecule has 4 heterocycles. The molecule has 0 bridgehead atoms. The molecular weight excluding hydrogens is 512 g/mol. The second-order valence-corrected chi connectivity index (χ2v) is 7.46. The maximum absolute atomic E-state index is 11.3. The molecule has 150 valence electrons. The number of esters is 1. The number of carboxylic acid groups (broad SMARTS) is 1. The van der Waals surface area contributed by atoms with Crippen LogP contribution in [0.1, 0.15) is 32.4 Å². The average Bonchev–Trinajstić information content (AvgIpc) is 3.23. The summed E-state index contributed by atoms with van der Waals surface area (Å²) in [5, 5.41) is 17.0. The first-order chi connectivity index (χ1) is 13.7. The number of nitrogens with zero attached hydrogens (tertiary/aromatic N) is 6. The van der Waals surface area contributed by atoms with Crippen molar-refractivity contribution in [2.45, 2.75) is 13.8 Å². The number of aromatic carboxylic acids is 1. The van der Waals surface area contributed by atoms with Crippen LogP contribution < -0.4 is 0 Å². The molecule has 0 spiro atoms. The molecule has 0 aliphatic rings. The Labute approximate surface area is 180 Å². The van der Waals surface area contributed by atoms with E-state index < -0.39 is 11.9 Å². The number of carbonyl (C=O) groups is 2. The van der Waals surface area contributed by atoms with Gasteiger partial charge in [0.2, 0.25) is 0 Å². The van der Waals surface area contributed by atoms with Crippen LogP contribution >= 0.6 is 31.9 Å². The second-order valence-electron chi connectivity index (χ2n) is 5.84. The summed E-state index contributed by atoms with van der Waals surface area (Å²) in [7, 11) is 1.33. The van der Waals surface area contributed by atoms with Crippen molar-refractivity contribution in [3.05, 3.63) is 56.2 Å². The van der Waals surface area contributed by atoms with Gasteiger partial charge in [0.25, 0.3) is 0 Å². The number of carbonyl (C=O) groups excluding carboxylic acids is 1. The zero-order chi connectivity index (χ0) is 21.3. The summed E-state index contributed by atoms with van der Waals surface area (Å²) in [5.41, 5.74) is 3.01. The molecule has 0 saturated heterocycles. The summed E-state index contributed by atoms with van der Waals surface area (Å²) in [6, 6.07) is 6.52. The van der Waals surface area contributed by atoms with Crippen LogP contribution in [0.4, 0.5) is 0 Å². The molecule has 0 unspecified atom stereocenters. The van der Waals surface area contributed by atoms with Gasteiger partial charge >= 0.3 is 11.9 Å².